The maximum absolute atomic E-state index is 6.12. The SMILES string of the molecule is CCN(CCCN(C)C)C(CC)(CN)C1CC1. The summed E-state index contributed by atoms with van der Waals surface area (Å²) >= 11 is 0. The fraction of sp³-hybridized carbons (Fsp3) is 1.00. The van der Waals surface area contributed by atoms with Crippen LogP contribution in [0.5, 0.6) is 0 Å². The minimum atomic E-state index is 0.293. The molecule has 102 valence electrons. The van der Waals surface area contributed by atoms with E-state index >= 15 is 0 Å². The van der Waals surface area contributed by atoms with Crippen molar-refractivity contribution < 1.29 is 0 Å². The van der Waals surface area contributed by atoms with Crippen molar-refractivity contribution in [1.82, 2.24) is 9.80 Å². The standard InChI is InChI=1S/C14H31N3/c1-5-14(12-15,13-8-9-13)17(6-2)11-7-10-16(3)4/h13H,5-12,15H2,1-4H3. The van der Waals surface area contributed by atoms with E-state index < -0.39 is 0 Å². The summed E-state index contributed by atoms with van der Waals surface area (Å²) in [5.74, 6) is 0.858. The van der Waals surface area contributed by atoms with E-state index in [2.05, 4.69) is 37.7 Å². The van der Waals surface area contributed by atoms with E-state index in [1.165, 1.54) is 38.8 Å². The van der Waals surface area contributed by atoms with Gasteiger partial charge >= 0.3 is 0 Å². The van der Waals surface area contributed by atoms with Crippen LogP contribution in [0.15, 0.2) is 0 Å². The molecule has 1 atom stereocenters. The molecule has 0 aromatic heterocycles. The maximum atomic E-state index is 6.12. The highest BCUT2D eigenvalue weighted by Crippen LogP contribution is 2.44. The van der Waals surface area contributed by atoms with Crippen LogP contribution >= 0.6 is 0 Å². The number of likely N-dealkylation sites (N-methyl/N-ethyl adjacent to an activating group) is 1. The molecule has 0 radical (unpaired) electrons. The van der Waals surface area contributed by atoms with E-state index in [0.717, 1.165) is 19.0 Å². The van der Waals surface area contributed by atoms with Crippen LogP contribution in [0, 0.1) is 5.92 Å². The first kappa shape index (κ1) is 14.9. The number of nitrogens with two attached hydrogens (primary N) is 1. The van der Waals surface area contributed by atoms with Crippen LogP contribution in [0.2, 0.25) is 0 Å². The van der Waals surface area contributed by atoms with E-state index in [4.69, 9.17) is 5.73 Å². The Morgan fingerprint density at radius 2 is 1.82 bits per heavy atom. The van der Waals surface area contributed by atoms with Crippen LogP contribution in [0.3, 0.4) is 0 Å². The molecule has 0 aromatic carbocycles. The zero-order chi connectivity index (χ0) is 12.9. The molecule has 2 N–H and O–H groups in total. The Bertz CT molecular complexity index is 208. The third-order valence-corrected chi connectivity index (χ3v) is 4.35. The van der Waals surface area contributed by atoms with Crippen LogP contribution in [0.25, 0.3) is 0 Å². The Labute approximate surface area is 107 Å². The average Bonchev–Trinajstić information content (AvgIpc) is 3.13. The molecular weight excluding hydrogens is 210 g/mol. The zero-order valence-electron chi connectivity index (χ0n) is 12.2. The third-order valence-electron chi connectivity index (χ3n) is 4.35. The molecule has 1 unspecified atom stereocenters. The zero-order valence-corrected chi connectivity index (χ0v) is 12.2. The number of hydrogen-bond donors (Lipinski definition) is 1. The fourth-order valence-electron chi connectivity index (χ4n) is 3.10. The predicted octanol–water partition coefficient (Wildman–Crippen LogP) is 1.78. The van der Waals surface area contributed by atoms with Crippen LogP contribution in [-0.2, 0) is 0 Å². The largest absolute Gasteiger partial charge is 0.329 e. The third kappa shape index (κ3) is 3.67. The summed E-state index contributed by atoms with van der Waals surface area (Å²) in [5, 5.41) is 0. The molecule has 0 saturated heterocycles. The molecule has 0 aromatic rings. The smallest absolute Gasteiger partial charge is 0.0357 e. The maximum Gasteiger partial charge on any atom is 0.0357 e. The van der Waals surface area contributed by atoms with Crippen LogP contribution < -0.4 is 5.73 Å². The van der Waals surface area contributed by atoms with Gasteiger partial charge in [0.15, 0.2) is 0 Å². The lowest BCUT2D eigenvalue weighted by Gasteiger charge is -2.43. The Balaban J connectivity index is 2.55. The second kappa shape index (κ2) is 6.72. The van der Waals surface area contributed by atoms with Crippen molar-refractivity contribution in [2.45, 2.75) is 45.1 Å². The van der Waals surface area contributed by atoms with Crippen LogP contribution in [0.1, 0.15) is 39.5 Å². The molecule has 0 spiro atoms. The summed E-state index contributed by atoms with van der Waals surface area (Å²) < 4.78 is 0. The van der Waals surface area contributed by atoms with Gasteiger partial charge in [0.2, 0.25) is 0 Å². The predicted molar refractivity (Wildman–Crippen MR) is 75.2 cm³/mol. The summed E-state index contributed by atoms with van der Waals surface area (Å²) in [6, 6.07) is 0. The van der Waals surface area contributed by atoms with Gasteiger partial charge in [-0.15, -0.1) is 0 Å². The molecule has 1 saturated carbocycles. The van der Waals surface area contributed by atoms with Gasteiger partial charge < -0.3 is 10.6 Å². The topological polar surface area (TPSA) is 32.5 Å². The molecule has 1 aliphatic rings. The molecule has 1 fully saturated rings. The molecule has 0 heterocycles. The summed E-state index contributed by atoms with van der Waals surface area (Å²) in [7, 11) is 4.29. The Morgan fingerprint density at radius 3 is 2.18 bits per heavy atom. The first-order valence-corrected chi connectivity index (χ1v) is 7.20. The first-order valence-electron chi connectivity index (χ1n) is 7.20. The minimum absolute atomic E-state index is 0.293. The molecule has 0 amide bonds. The average molecular weight is 241 g/mol. The van der Waals surface area contributed by atoms with Gasteiger partial charge in [-0.2, -0.15) is 0 Å². The fourth-order valence-corrected chi connectivity index (χ4v) is 3.10. The highest BCUT2D eigenvalue weighted by Gasteiger charge is 2.46. The molecule has 0 bridgehead atoms. The summed E-state index contributed by atoms with van der Waals surface area (Å²) in [6.07, 6.45) is 5.21. The van der Waals surface area contributed by atoms with E-state index in [-0.39, 0.29) is 0 Å². The number of hydrogen-bond acceptors (Lipinski definition) is 3. The second-order valence-electron chi connectivity index (χ2n) is 5.67. The van der Waals surface area contributed by atoms with Crippen molar-refractivity contribution in [3.63, 3.8) is 0 Å². The normalized spacial score (nSPS) is 19.9. The van der Waals surface area contributed by atoms with Crippen molar-refractivity contribution in [2.75, 3.05) is 40.3 Å². The van der Waals surface area contributed by atoms with Gasteiger partial charge in [0.1, 0.15) is 0 Å². The van der Waals surface area contributed by atoms with E-state index in [0.29, 0.717) is 5.54 Å². The van der Waals surface area contributed by atoms with Crippen molar-refractivity contribution in [3.05, 3.63) is 0 Å². The highest BCUT2D eigenvalue weighted by molar-refractivity contribution is 5.02. The summed E-state index contributed by atoms with van der Waals surface area (Å²) in [4.78, 5) is 4.91. The monoisotopic (exact) mass is 241 g/mol. The van der Waals surface area contributed by atoms with Crippen molar-refractivity contribution in [3.8, 4) is 0 Å². The van der Waals surface area contributed by atoms with Crippen molar-refractivity contribution in [2.24, 2.45) is 11.7 Å². The van der Waals surface area contributed by atoms with Gasteiger partial charge in [0, 0.05) is 12.1 Å². The molecule has 1 aliphatic carbocycles. The summed E-state index contributed by atoms with van der Waals surface area (Å²) in [5.41, 5.74) is 6.41. The van der Waals surface area contributed by atoms with E-state index in [1.54, 1.807) is 0 Å². The van der Waals surface area contributed by atoms with Gasteiger partial charge in [0.25, 0.3) is 0 Å². The highest BCUT2D eigenvalue weighted by atomic mass is 15.2. The van der Waals surface area contributed by atoms with E-state index in [1.807, 2.05) is 0 Å². The molecule has 1 rings (SSSR count). The van der Waals surface area contributed by atoms with Crippen molar-refractivity contribution >= 4 is 0 Å². The molecular formula is C14H31N3. The molecule has 0 aliphatic heterocycles. The first-order chi connectivity index (χ1) is 8.10. The van der Waals surface area contributed by atoms with Gasteiger partial charge in [0.05, 0.1) is 0 Å². The Kier molecular flexibility index (Phi) is 5.90. The quantitative estimate of drug-likeness (QED) is 0.668. The van der Waals surface area contributed by atoms with E-state index in [9.17, 15) is 0 Å². The van der Waals surface area contributed by atoms with Crippen LogP contribution in [0.4, 0.5) is 0 Å². The lowest BCUT2D eigenvalue weighted by Crippen LogP contribution is -2.55. The van der Waals surface area contributed by atoms with Crippen LogP contribution in [-0.4, -0.2) is 55.6 Å². The second-order valence-corrected chi connectivity index (χ2v) is 5.67. The molecule has 3 nitrogen and oxygen atoms in total. The van der Waals surface area contributed by atoms with Gasteiger partial charge in [-0.05, 0) is 65.3 Å². The number of rotatable bonds is 9. The minimum Gasteiger partial charge on any atom is -0.329 e. The van der Waals surface area contributed by atoms with Crippen molar-refractivity contribution in [1.29, 1.82) is 0 Å². The lowest BCUT2D eigenvalue weighted by atomic mass is 9.87. The molecule has 17 heavy (non-hydrogen) atoms. The van der Waals surface area contributed by atoms with Gasteiger partial charge in [-0.25, -0.2) is 0 Å². The summed E-state index contributed by atoms with van der Waals surface area (Å²) in [6.45, 7) is 8.90. The lowest BCUT2D eigenvalue weighted by molar-refractivity contribution is 0.0702. The Morgan fingerprint density at radius 1 is 1.18 bits per heavy atom. The molecule has 3 heteroatoms. The van der Waals surface area contributed by atoms with Gasteiger partial charge in [-0.3, -0.25) is 4.90 Å². The number of nitrogens with zero attached hydrogens (tertiary/aromatic N) is 2. The Hall–Kier alpha value is -0.120. The van der Waals surface area contributed by atoms with Gasteiger partial charge in [-0.1, -0.05) is 13.8 Å².